The van der Waals surface area contributed by atoms with E-state index in [1.165, 1.54) is 0 Å². The molecular weight excluding hydrogens is 356 g/mol. The molecule has 136 valence electrons. The predicted octanol–water partition coefficient (Wildman–Crippen LogP) is 3.45. The summed E-state index contributed by atoms with van der Waals surface area (Å²) >= 11 is 0. The van der Waals surface area contributed by atoms with Crippen molar-refractivity contribution in [3.8, 4) is 11.8 Å². The summed E-state index contributed by atoms with van der Waals surface area (Å²) in [6, 6.07) is 15.6. The van der Waals surface area contributed by atoms with Gasteiger partial charge in [0.1, 0.15) is 16.8 Å². The highest BCUT2D eigenvalue weighted by molar-refractivity contribution is 5.90. The van der Waals surface area contributed by atoms with Crippen LogP contribution in [0.25, 0.3) is 16.7 Å². The van der Waals surface area contributed by atoms with Gasteiger partial charge in [-0.05, 0) is 34.1 Å². The number of hydrogen-bond acceptors (Lipinski definition) is 7. The maximum absolute atomic E-state index is 10.1. The highest BCUT2D eigenvalue weighted by Crippen LogP contribution is 2.45. The number of nitrogens with zero attached hydrogens (tertiary/aromatic N) is 4. The Bertz CT molecular complexity index is 1260. The number of nitrogens with one attached hydrogen (secondary N) is 2. The van der Waals surface area contributed by atoms with E-state index < -0.39 is 0 Å². The molecular formula is C20H14N6O2. The molecule has 8 nitrogen and oxygen atoms in total. The molecule has 0 aliphatic carbocycles. The van der Waals surface area contributed by atoms with Crippen LogP contribution in [0.1, 0.15) is 22.6 Å². The Morgan fingerprint density at radius 3 is 2.86 bits per heavy atom. The number of methoxy groups -OCH3 is 1. The Labute approximate surface area is 159 Å². The second-order valence-corrected chi connectivity index (χ2v) is 6.33. The number of anilines is 1. The second kappa shape index (κ2) is 6.25. The molecule has 2 aromatic carbocycles. The van der Waals surface area contributed by atoms with Gasteiger partial charge in [0.2, 0.25) is 0 Å². The van der Waals surface area contributed by atoms with E-state index in [2.05, 4.69) is 31.9 Å². The molecule has 1 atom stereocenters. The van der Waals surface area contributed by atoms with Gasteiger partial charge in [0.15, 0.2) is 5.82 Å². The van der Waals surface area contributed by atoms with E-state index in [9.17, 15) is 5.26 Å². The number of benzene rings is 2. The van der Waals surface area contributed by atoms with E-state index in [-0.39, 0.29) is 5.92 Å². The molecule has 1 unspecified atom stereocenters. The monoisotopic (exact) mass is 370 g/mol. The number of H-pyrrole nitrogens is 1. The lowest BCUT2D eigenvalue weighted by Crippen LogP contribution is -2.17. The van der Waals surface area contributed by atoms with Gasteiger partial charge in [-0.3, -0.25) is 5.10 Å². The fraction of sp³-hybridized carbons (Fsp3) is 0.100. The molecule has 0 radical (unpaired) electrons. The number of aromatic amines is 1. The van der Waals surface area contributed by atoms with Crippen molar-refractivity contribution in [1.82, 2.24) is 20.5 Å². The van der Waals surface area contributed by atoms with Gasteiger partial charge < -0.3 is 10.1 Å². The molecule has 1 aliphatic rings. The first kappa shape index (κ1) is 16.1. The van der Waals surface area contributed by atoms with Crippen LogP contribution in [0.3, 0.4) is 0 Å². The lowest BCUT2D eigenvalue weighted by molar-refractivity contribution is 0.315. The molecule has 0 amide bonds. The SMILES string of the molecule is COc1ccccc1C1=C(C#N)C(c2cccc3nonc23)c2c[nH]nc2N1. The van der Waals surface area contributed by atoms with E-state index in [4.69, 9.17) is 9.37 Å². The molecule has 2 aromatic heterocycles. The van der Waals surface area contributed by atoms with E-state index in [1.807, 2.05) is 42.5 Å². The fourth-order valence-electron chi connectivity index (χ4n) is 3.67. The van der Waals surface area contributed by atoms with Crippen molar-refractivity contribution in [2.45, 2.75) is 5.92 Å². The number of ether oxygens (including phenoxy) is 1. The van der Waals surface area contributed by atoms with Gasteiger partial charge in [0.05, 0.1) is 30.4 Å². The molecule has 5 rings (SSSR count). The first-order valence-corrected chi connectivity index (χ1v) is 8.61. The zero-order chi connectivity index (χ0) is 19.1. The second-order valence-electron chi connectivity index (χ2n) is 6.33. The Morgan fingerprint density at radius 1 is 1.11 bits per heavy atom. The van der Waals surface area contributed by atoms with E-state index in [0.717, 1.165) is 16.7 Å². The number of allylic oxidation sites excluding steroid dienone is 1. The summed E-state index contributed by atoms with van der Waals surface area (Å²) in [5.74, 6) is 0.936. The van der Waals surface area contributed by atoms with Gasteiger partial charge in [0.25, 0.3) is 0 Å². The van der Waals surface area contributed by atoms with E-state index in [0.29, 0.717) is 33.9 Å². The lowest BCUT2D eigenvalue weighted by atomic mass is 9.81. The summed E-state index contributed by atoms with van der Waals surface area (Å²) in [6.07, 6.45) is 1.79. The molecule has 3 heterocycles. The van der Waals surface area contributed by atoms with Gasteiger partial charge in [-0.1, -0.05) is 24.3 Å². The summed E-state index contributed by atoms with van der Waals surface area (Å²) in [5.41, 5.74) is 4.90. The molecule has 0 fully saturated rings. The summed E-state index contributed by atoms with van der Waals surface area (Å²) < 4.78 is 10.4. The molecule has 0 bridgehead atoms. The van der Waals surface area contributed by atoms with Crippen molar-refractivity contribution in [2.75, 3.05) is 12.4 Å². The Kier molecular flexibility index (Phi) is 3.59. The molecule has 2 N–H and O–H groups in total. The van der Waals surface area contributed by atoms with E-state index in [1.54, 1.807) is 13.3 Å². The molecule has 0 saturated heterocycles. The molecule has 0 saturated carbocycles. The van der Waals surface area contributed by atoms with Crippen molar-refractivity contribution in [3.05, 3.63) is 70.9 Å². The first-order chi connectivity index (χ1) is 13.8. The largest absolute Gasteiger partial charge is 0.496 e. The number of aromatic nitrogens is 4. The van der Waals surface area contributed by atoms with Gasteiger partial charge in [-0.25, -0.2) is 4.63 Å². The Balaban J connectivity index is 1.81. The third kappa shape index (κ3) is 2.27. The number of nitriles is 1. The zero-order valence-corrected chi connectivity index (χ0v) is 14.8. The van der Waals surface area contributed by atoms with Crippen molar-refractivity contribution in [2.24, 2.45) is 0 Å². The molecule has 0 spiro atoms. The third-order valence-electron chi connectivity index (χ3n) is 4.91. The highest BCUT2D eigenvalue weighted by atomic mass is 16.6. The average Bonchev–Trinajstić information content (AvgIpc) is 3.41. The normalized spacial score (nSPS) is 15.8. The Hall–Kier alpha value is -4.12. The van der Waals surface area contributed by atoms with Crippen molar-refractivity contribution in [3.63, 3.8) is 0 Å². The van der Waals surface area contributed by atoms with Crippen LogP contribution in [0.2, 0.25) is 0 Å². The van der Waals surface area contributed by atoms with Crippen LogP contribution in [0, 0.1) is 11.3 Å². The fourth-order valence-corrected chi connectivity index (χ4v) is 3.67. The van der Waals surface area contributed by atoms with Crippen molar-refractivity contribution in [1.29, 1.82) is 5.26 Å². The number of fused-ring (bicyclic) bond motifs is 2. The van der Waals surface area contributed by atoms with Crippen LogP contribution in [0.5, 0.6) is 5.75 Å². The summed E-state index contributed by atoms with van der Waals surface area (Å²) in [7, 11) is 1.60. The third-order valence-corrected chi connectivity index (χ3v) is 4.91. The smallest absolute Gasteiger partial charge is 0.156 e. The maximum Gasteiger partial charge on any atom is 0.156 e. The van der Waals surface area contributed by atoms with Crippen LogP contribution in [-0.2, 0) is 0 Å². The van der Waals surface area contributed by atoms with Gasteiger partial charge in [-0.2, -0.15) is 10.4 Å². The van der Waals surface area contributed by atoms with Crippen molar-refractivity contribution >= 4 is 22.5 Å². The van der Waals surface area contributed by atoms with Crippen LogP contribution >= 0.6 is 0 Å². The number of para-hydroxylation sites is 1. The molecule has 8 heteroatoms. The standard InChI is InChI=1S/C20H14N6O2/c1-27-16-8-3-2-5-11(16)18-13(9-21)17(14-10-22-24-20(14)23-18)12-6-4-7-15-19(12)26-28-25-15/h2-8,10,17H,1H3,(H2,22,23,24). The summed E-state index contributed by atoms with van der Waals surface area (Å²) in [6.45, 7) is 0. The zero-order valence-electron chi connectivity index (χ0n) is 14.8. The van der Waals surface area contributed by atoms with Gasteiger partial charge in [0, 0.05) is 17.3 Å². The first-order valence-electron chi connectivity index (χ1n) is 8.61. The van der Waals surface area contributed by atoms with Crippen LogP contribution in [0.4, 0.5) is 5.82 Å². The predicted molar refractivity (Wildman–Crippen MR) is 101 cm³/mol. The average molecular weight is 370 g/mol. The molecule has 1 aliphatic heterocycles. The molecule has 28 heavy (non-hydrogen) atoms. The maximum atomic E-state index is 10.1. The minimum absolute atomic E-state index is 0.379. The Morgan fingerprint density at radius 2 is 2.00 bits per heavy atom. The highest BCUT2D eigenvalue weighted by Gasteiger charge is 2.34. The van der Waals surface area contributed by atoms with Crippen LogP contribution in [0.15, 0.2) is 58.9 Å². The van der Waals surface area contributed by atoms with Crippen molar-refractivity contribution < 1.29 is 9.37 Å². The van der Waals surface area contributed by atoms with Gasteiger partial charge in [-0.15, -0.1) is 0 Å². The number of rotatable bonds is 3. The summed E-state index contributed by atoms with van der Waals surface area (Å²) in [4.78, 5) is 0. The van der Waals surface area contributed by atoms with Crippen LogP contribution in [-0.4, -0.2) is 27.6 Å². The lowest BCUT2D eigenvalue weighted by Gasteiger charge is -2.26. The summed E-state index contributed by atoms with van der Waals surface area (Å²) in [5, 5.41) is 28.6. The minimum Gasteiger partial charge on any atom is -0.496 e. The topological polar surface area (TPSA) is 113 Å². The number of hydrogen-bond donors (Lipinski definition) is 2. The van der Waals surface area contributed by atoms with Crippen LogP contribution < -0.4 is 10.1 Å². The van der Waals surface area contributed by atoms with E-state index >= 15 is 0 Å². The molecule has 4 aromatic rings. The quantitative estimate of drug-likeness (QED) is 0.568. The van der Waals surface area contributed by atoms with Gasteiger partial charge >= 0.3 is 0 Å². The minimum atomic E-state index is -0.379.